The van der Waals surface area contributed by atoms with Crippen molar-refractivity contribution >= 4 is 76.8 Å². The molecule has 0 unspecified atom stereocenters. The molecule has 0 atom stereocenters. The largest absolute Gasteiger partial charge is 0.301 e. The van der Waals surface area contributed by atoms with Crippen LogP contribution < -0.4 is 5.32 Å². The van der Waals surface area contributed by atoms with Crippen LogP contribution in [0.25, 0.3) is 31.3 Å². The Morgan fingerprint density at radius 1 is 1.06 bits per heavy atom. The van der Waals surface area contributed by atoms with Gasteiger partial charge in [0.15, 0.2) is 5.13 Å². The third kappa shape index (κ3) is 3.88. The highest BCUT2D eigenvalue weighted by molar-refractivity contribution is 8.00. The van der Waals surface area contributed by atoms with Gasteiger partial charge in [-0.05, 0) is 57.2 Å². The van der Waals surface area contributed by atoms with Gasteiger partial charge in [0.2, 0.25) is 5.91 Å². The van der Waals surface area contributed by atoms with Crippen molar-refractivity contribution in [3.8, 4) is 0 Å². The van der Waals surface area contributed by atoms with Crippen LogP contribution in [0.15, 0.2) is 29.6 Å². The molecule has 0 saturated carbocycles. The van der Waals surface area contributed by atoms with E-state index in [1.54, 1.807) is 29.0 Å². The van der Waals surface area contributed by atoms with Crippen molar-refractivity contribution in [2.45, 2.75) is 44.6 Å². The zero-order chi connectivity index (χ0) is 22.5. The van der Waals surface area contributed by atoms with Crippen LogP contribution in [0, 0.1) is 13.8 Å². The van der Waals surface area contributed by atoms with Gasteiger partial charge in [0, 0.05) is 15.6 Å². The predicted octanol–water partition coefficient (Wildman–Crippen LogP) is 6.08. The maximum Gasteiger partial charge on any atom is 0.236 e. The molecule has 9 heteroatoms. The molecular formula is C24H21N5OS3. The first-order valence-corrected chi connectivity index (χ1v) is 13.5. The van der Waals surface area contributed by atoms with Gasteiger partial charge >= 0.3 is 0 Å². The first kappa shape index (κ1) is 20.9. The third-order valence-electron chi connectivity index (χ3n) is 5.87. The molecule has 1 N–H and O–H groups in total. The van der Waals surface area contributed by atoms with E-state index >= 15 is 0 Å². The average Bonchev–Trinajstić information content (AvgIpc) is 3.37. The SMILES string of the molecule is Cc1cc(C)c2nc3sc4c(SCC(=O)Nc5nc6c(s5)CCCC6)ncnc4c3cc2c1. The number of nitrogens with one attached hydrogen (secondary N) is 1. The number of rotatable bonds is 4. The van der Waals surface area contributed by atoms with Crippen LogP contribution in [0.3, 0.4) is 0 Å². The smallest absolute Gasteiger partial charge is 0.236 e. The van der Waals surface area contributed by atoms with E-state index in [4.69, 9.17) is 4.98 Å². The Kier molecular flexibility index (Phi) is 5.27. The number of anilines is 1. The minimum absolute atomic E-state index is 0.0612. The van der Waals surface area contributed by atoms with E-state index < -0.39 is 0 Å². The maximum atomic E-state index is 12.6. The molecule has 33 heavy (non-hydrogen) atoms. The van der Waals surface area contributed by atoms with E-state index in [9.17, 15) is 4.79 Å². The van der Waals surface area contributed by atoms with Crippen molar-refractivity contribution in [1.29, 1.82) is 0 Å². The van der Waals surface area contributed by atoms with Gasteiger partial charge in [-0.25, -0.2) is 19.9 Å². The standard InChI is InChI=1S/C24H21N5OS3/c1-12-7-13(2)19-14(8-12)9-15-20-21(33-22(15)29-19)23(26-11-25-20)31-10-18(30)28-24-27-16-5-3-4-6-17(16)32-24/h7-9,11H,3-6,10H2,1-2H3,(H,27,28,30). The van der Waals surface area contributed by atoms with Crippen LogP contribution in [-0.4, -0.2) is 31.6 Å². The number of carbonyl (C=O) groups is 1. The number of benzene rings is 1. The lowest BCUT2D eigenvalue weighted by Gasteiger charge is -2.06. The summed E-state index contributed by atoms with van der Waals surface area (Å²) in [4.78, 5) is 33.5. The second-order valence-corrected chi connectivity index (χ2v) is 11.4. The van der Waals surface area contributed by atoms with Crippen LogP contribution in [0.1, 0.15) is 34.5 Å². The first-order chi connectivity index (χ1) is 16.0. The number of hydrogen-bond acceptors (Lipinski definition) is 8. The van der Waals surface area contributed by atoms with Gasteiger partial charge in [0.1, 0.15) is 16.2 Å². The Labute approximate surface area is 202 Å². The number of thiophene rings is 1. The number of hydrogen-bond donors (Lipinski definition) is 1. The second kappa shape index (κ2) is 8.30. The fourth-order valence-electron chi connectivity index (χ4n) is 4.42. The highest BCUT2D eigenvalue weighted by atomic mass is 32.2. The lowest BCUT2D eigenvalue weighted by Crippen LogP contribution is -2.14. The van der Waals surface area contributed by atoms with Crippen LogP contribution in [0.5, 0.6) is 0 Å². The van der Waals surface area contributed by atoms with E-state index in [0.717, 1.165) is 54.9 Å². The van der Waals surface area contributed by atoms with Gasteiger partial charge < -0.3 is 5.32 Å². The summed E-state index contributed by atoms with van der Waals surface area (Å²) in [5.74, 6) is 0.215. The predicted molar refractivity (Wildman–Crippen MR) is 138 cm³/mol. The van der Waals surface area contributed by atoms with Crippen molar-refractivity contribution in [3.05, 3.63) is 46.2 Å². The van der Waals surface area contributed by atoms with E-state index in [2.05, 4.69) is 52.3 Å². The zero-order valence-electron chi connectivity index (χ0n) is 18.3. The maximum absolute atomic E-state index is 12.6. The van der Waals surface area contributed by atoms with Crippen molar-refractivity contribution in [3.63, 3.8) is 0 Å². The molecule has 0 radical (unpaired) electrons. The van der Waals surface area contributed by atoms with E-state index in [-0.39, 0.29) is 11.7 Å². The van der Waals surface area contributed by atoms with E-state index in [1.165, 1.54) is 40.6 Å². The monoisotopic (exact) mass is 491 g/mol. The molecule has 1 amide bonds. The summed E-state index contributed by atoms with van der Waals surface area (Å²) in [7, 11) is 0. The second-order valence-electron chi connectivity index (χ2n) is 8.39. The van der Waals surface area contributed by atoms with Crippen LogP contribution >= 0.6 is 34.4 Å². The van der Waals surface area contributed by atoms with Crippen LogP contribution in [0.4, 0.5) is 5.13 Å². The molecule has 4 heterocycles. The van der Waals surface area contributed by atoms with Crippen molar-refractivity contribution < 1.29 is 4.79 Å². The molecule has 0 spiro atoms. The average molecular weight is 492 g/mol. The number of pyridine rings is 1. The minimum Gasteiger partial charge on any atom is -0.301 e. The normalized spacial score (nSPS) is 13.6. The zero-order valence-corrected chi connectivity index (χ0v) is 20.7. The Morgan fingerprint density at radius 2 is 1.94 bits per heavy atom. The lowest BCUT2D eigenvalue weighted by atomic mass is 10.0. The molecule has 1 aliphatic rings. The molecule has 0 aliphatic heterocycles. The Balaban J connectivity index is 1.27. The number of fused-ring (bicyclic) bond motifs is 5. The number of aromatic nitrogens is 4. The molecule has 1 aliphatic carbocycles. The number of aryl methyl sites for hydroxylation is 4. The Morgan fingerprint density at radius 3 is 2.82 bits per heavy atom. The topological polar surface area (TPSA) is 80.7 Å². The molecule has 0 saturated heterocycles. The van der Waals surface area contributed by atoms with Gasteiger partial charge in [-0.2, -0.15) is 0 Å². The number of thiazole rings is 1. The highest BCUT2D eigenvalue weighted by Crippen LogP contribution is 2.38. The summed E-state index contributed by atoms with van der Waals surface area (Å²) in [6.45, 7) is 4.20. The van der Waals surface area contributed by atoms with Crippen LogP contribution in [0.2, 0.25) is 0 Å². The molecule has 5 aromatic rings. The Hall–Kier alpha value is -2.62. The molecule has 6 rings (SSSR count). The molecule has 0 bridgehead atoms. The van der Waals surface area contributed by atoms with E-state index in [0.29, 0.717) is 5.13 Å². The summed E-state index contributed by atoms with van der Waals surface area (Å²) >= 11 is 4.63. The molecular weight excluding hydrogens is 470 g/mol. The summed E-state index contributed by atoms with van der Waals surface area (Å²) < 4.78 is 0.979. The van der Waals surface area contributed by atoms with Crippen molar-refractivity contribution in [2.75, 3.05) is 11.1 Å². The quantitative estimate of drug-likeness (QED) is 0.243. The molecule has 4 aromatic heterocycles. The number of nitrogens with zero attached hydrogens (tertiary/aromatic N) is 4. The van der Waals surface area contributed by atoms with Crippen molar-refractivity contribution in [2.24, 2.45) is 0 Å². The molecule has 1 aromatic carbocycles. The summed E-state index contributed by atoms with van der Waals surface area (Å²) in [5.41, 5.74) is 5.47. The minimum atomic E-state index is -0.0612. The third-order valence-corrected chi connectivity index (χ3v) is 9.16. The molecule has 0 fully saturated rings. The molecule has 6 nitrogen and oxygen atoms in total. The lowest BCUT2D eigenvalue weighted by molar-refractivity contribution is -0.113. The Bertz CT molecular complexity index is 1530. The highest BCUT2D eigenvalue weighted by Gasteiger charge is 2.18. The van der Waals surface area contributed by atoms with Gasteiger partial charge in [-0.15, -0.1) is 22.7 Å². The van der Waals surface area contributed by atoms with Gasteiger partial charge in [-0.1, -0.05) is 23.4 Å². The summed E-state index contributed by atoms with van der Waals surface area (Å²) in [5, 5.41) is 6.66. The summed E-state index contributed by atoms with van der Waals surface area (Å²) in [6, 6.07) is 6.50. The number of thioether (sulfide) groups is 1. The molecule has 166 valence electrons. The van der Waals surface area contributed by atoms with Gasteiger partial charge in [-0.3, -0.25) is 4.79 Å². The van der Waals surface area contributed by atoms with Crippen LogP contribution in [-0.2, 0) is 17.6 Å². The summed E-state index contributed by atoms with van der Waals surface area (Å²) in [6.07, 6.45) is 6.06. The first-order valence-electron chi connectivity index (χ1n) is 10.9. The number of carbonyl (C=O) groups excluding carboxylic acids is 1. The van der Waals surface area contributed by atoms with Crippen molar-refractivity contribution in [1.82, 2.24) is 19.9 Å². The van der Waals surface area contributed by atoms with Gasteiger partial charge in [0.05, 0.1) is 27.2 Å². The van der Waals surface area contributed by atoms with E-state index in [1.807, 2.05) is 0 Å². The fourth-order valence-corrected chi connectivity index (χ4v) is 7.47. The van der Waals surface area contributed by atoms with Gasteiger partial charge in [0.25, 0.3) is 0 Å². The number of amides is 1. The fraction of sp³-hybridized carbons (Fsp3) is 0.292.